The van der Waals surface area contributed by atoms with E-state index in [0.717, 1.165) is 21.7 Å². The Kier molecular flexibility index (Phi) is 6.97. The van der Waals surface area contributed by atoms with Gasteiger partial charge in [-0.3, -0.25) is 10.1 Å². The number of aryl methyl sites for hydroxylation is 1. The van der Waals surface area contributed by atoms with E-state index < -0.39 is 18.4 Å². The third-order valence-corrected chi connectivity index (χ3v) is 6.50. The van der Waals surface area contributed by atoms with Crippen molar-refractivity contribution < 1.29 is 15.0 Å². The Balaban J connectivity index is 1.66. The molecular formula is C23H33N3O3S. The predicted octanol–water partition coefficient (Wildman–Crippen LogP) is 3.49. The molecule has 1 saturated heterocycles. The lowest BCUT2D eigenvalue weighted by molar-refractivity contribution is -0.136. The molecule has 0 radical (unpaired) electrons. The van der Waals surface area contributed by atoms with Gasteiger partial charge in [0.05, 0.1) is 28.2 Å². The molecule has 30 heavy (non-hydrogen) atoms. The molecule has 0 saturated carbocycles. The van der Waals surface area contributed by atoms with Crippen LogP contribution in [-0.2, 0) is 4.79 Å². The van der Waals surface area contributed by atoms with E-state index in [9.17, 15) is 15.0 Å². The number of aliphatic hydroxyl groups is 2. The average Bonchev–Trinajstić information content (AvgIpc) is 3.26. The summed E-state index contributed by atoms with van der Waals surface area (Å²) in [5.41, 5.74) is 4.91. The number of likely N-dealkylation sites (tertiary alicyclic amines) is 1. The van der Waals surface area contributed by atoms with Crippen molar-refractivity contribution in [1.29, 1.82) is 0 Å². The molecular weight excluding hydrogens is 398 g/mol. The van der Waals surface area contributed by atoms with E-state index in [1.165, 1.54) is 0 Å². The van der Waals surface area contributed by atoms with Gasteiger partial charge in [-0.1, -0.05) is 45.0 Å². The standard InChI is InChI=1S/C23H33N3O3S/c1-14(16-6-8-17(9-7-16)21-15(2)24-13-30-21)25-22(29)19-10-18(27)12-26(19)20(28)11-23(3,4)5/h6-9,13-14,18-19,22,25,27,29H,10-12H2,1-5H3/t14-,18+,19-,22?/m0/s1. The summed E-state index contributed by atoms with van der Waals surface area (Å²) >= 11 is 1.62. The Bertz CT molecular complexity index is 859. The normalized spacial score (nSPS) is 21.6. The zero-order valence-electron chi connectivity index (χ0n) is 18.4. The van der Waals surface area contributed by atoms with Crippen LogP contribution in [0.2, 0.25) is 0 Å². The minimum absolute atomic E-state index is 0.0261. The van der Waals surface area contributed by atoms with E-state index in [1.807, 2.05) is 52.3 Å². The molecule has 7 heteroatoms. The van der Waals surface area contributed by atoms with Crippen molar-refractivity contribution in [3.05, 3.63) is 41.0 Å². The zero-order valence-corrected chi connectivity index (χ0v) is 19.2. The Morgan fingerprint density at radius 3 is 2.57 bits per heavy atom. The Hall–Kier alpha value is -1.80. The van der Waals surface area contributed by atoms with Crippen LogP contribution in [0.3, 0.4) is 0 Å². The molecule has 3 N–H and O–H groups in total. The Morgan fingerprint density at radius 1 is 1.33 bits per heavy atom. The smallest absolute Gasteiger partial charge is 0.223 e. The molecule has 1 amide bonds. The van der Waals surface area contributed by atoms with Crippen molar-refractivity contribution in [3.8, 4) is 10.4 Å². The first-order valence-electron chi connectivity index (χ1n) is 10.5. The van der Waals surface area contributed by atoms with Crippen molar-refractivity contribution in [1.82, 2.24) is 15.2 Å². The van der Waals surface area contributed by atoms with Gasteiger partial charge in [-0.25, -0.2) is 4.98 Å². The molecule has 1 aliphatic rings. The summed E-state index contributed by atoms with van der Waals surface area (Å²) < 4.78 is 0. The maximum absolute atomic E-state index is 12.7. The maximum Gasteiger partial charge on any atom is 0.223 e. The number of β-amino-alcohol motifs (C(OH)–C–C–N with tert-alkyl or cyclic N) is 1. The number of nitrogens with zero attached hydrogens (tertiary/aromatic N) is 2. The fourth-order valence-electron chi connectivity index (χ4n) is 3.95. The first kappa shape index (κ1) is 22.9. The van der Waals surface area contributed by atoms with Gasteiger partial charge in [-0.2, -0.15) is 0 Å². The first-order valence-corrected chi connectivity index (χ1v) is 11.3. The van der Waals surface area contributed by atoms with E-state index in [4.69, 9.17) is 0 Å². The summed E-state index contributed by atoms with van der Waals surface area (Å²) in [6.45, 7) is 10.3. The summed E-state index contributed by atoms with van der Waals surface area (Å²) in [6, 6.07) is 7.69. The summed E-state index contributed by atoms with van der Waals surface area (Å²) in [4.78, 5) is 19.8. The van der Waals surface area contributed by atoms with Crippen molar-refractivity contribution in [2.45, 2.75) is 71.9 Å². The van der Waals surface area contributed by atoms with Crippen molar-refractivity contribution in [2.75, 3.05) is 6.54 Å². The fourth-order valence-corrected chi connectivity index (χ4v) is 4.76. The second-order valence-electron chi connectivity index (χ2n) is 9.46. The molecule has 3 rings (SSSR count). The molecule has 2 heterocycles. The van der Waals surface area contributed by atoms with Crippen LogP contribution in [0, 0.1) is 12.3 Å². The summed E-state index contributed by atoms with van der Waals surface area (Å²) in [5, 5.41) is 24.2. The highest BCUT2D eigenvalue weighted by atomic mass is 32.1. The van der Waals surface area contributed by atoms with Crippen LogP contribution in [0.4, 0.5) is 0 Å². The minimum Gasteiger partial charge on any atom is -0.391 e. The second kappa shape index (κ2) is 9.14. The summed E-state index contributed by atoms with van der Waals surface area (Å²) in [7, 11) is 0. The lowest BCUT2D eigenvalue weighted by atomic mass is 9.91. The molecule has 1 aliphatic heterocycles. The van der Waals surface area contributed by atoms with Crippen LogP contribution < -0.4 is 5.32 Å². The fraction of sp³-hybridized carbons (Fsp3) is 0.565. The lowest BCUT2D eigenvalue weighted by Gasteiger charge is -2.32. The summed E-state index contributed by atoms with van der Waals surface area (Å²) in [5.74, 6) is -0.0261. The SMILES string of the molecule is Cc1ncsc1-c1ccc([C@H](C)NC(O)[C@@H]2C[C@@H](O)CN2C(=O)CC(C)(C)C)cc1. The van der Waals surface area contributed by atoms with Crippen molar-refractivity contribution in [2.24, 2.45) is 5.41 Å². The minimum atomic E-state index is -0.913. The third-order valence-electron chi connectivity index (χ3n) is 5.53. The molecule has 1 aromatic heterocycles. The quantitative estimate of drug-likeness (QED) is 0.610. The largest absolute Gasteiger partial charge is 0.391 e. The highest BCUT2D eigenvalue weighted by molar-refractivity contribution is 7.13. The maximum atomic E-state index is 12.7. The van der Waals surface area contributed by atoms with Gasteiger partial charge in [0.25, 0.3) is 0 Å². The van der Waals surface area contributed by atoms with Gasteiger partial charge in [0.15, 0.2) is 0 Å². The average molecular weight is 432 g/mol. The number of rotatable bonds is 6. The number of thiazole rings is 1. The Morgan fingerprint density at radius 2 is 2.00 bits per heavy atom. The zero-order chi connectivity index (χ0) is 22.1. The van der Waals surface area contributed by atoms with E-state index in [2.05, 4.69) is 22.4 Å². The predicted molar refractivity (Wildman–Crippen MR) is 120 cm³/mol. The van der Waals surface area contributed by atoms with Crippen LogP contribution in [0.25, 0.3) is 10.4 Å². The molecule has 4 atom stereocenters. The lowest BCUT2D eigenvalue weighted by Crippen LogP contribution is -2.50. The molecule has 0 spiro atoms. The van der Waals surface area contributed by atoms with Gasteiger partial charge in [-0.15, -0.1) is 11.3 Å². The number of hydrogen-bond acceptors (Lipinski definition) is 6. The molecule has 6 nitrogen and oxygen atoms in total. The van der Waals surface area contributed by atoms with E-state index in [-0.39, 0.29) is 23.9 Å². The van der Waals surface area contributed by atoms with Gasteiger partial charge >= 0.3 is 0 Å². The second-order valence-corrected chi connectivity index (χ2v) is 10.3. The van der Waals surface area contributed by atoms with Crippen molar-refractivity contribution in [3.63, 3.8) is 0 Å². The van der Waals surface area contributed by atoms with Crippen LogP contribution in [0.15, 0.2) is 29.8 Å². The molecule has 164 valence electrons. The van der Waals surface area contributed by atoms with Gasteiger partial charge in [0.1, 0.15) is 6.23 Å². The molecule has 1 unspecified atom stereocenters. The van der Waals surface area contributed by atoms with Gasteiger partial charge < -0.3 is 15.1 Å². The van der Waals surface area contributed by atoms with Crippen molar-refractivity contribution >= 4 is 17.2 Å². The van der Waals surface area contributed by atoms with E-state index in [0.29, 0.717) is 12.8 Å². The third kappa shape index (κ3) is 5.46. The highest BCUT2D eigenvalue weighted by Crippen LogP contribution is 2.29. The Labute approximate surface area is 183 Å². The van der Waals surface area contributed by atoms with E-state index >= 15 is 0 Å². The number of nitrogens with one attached hydrogen (secondary N) is 1. The monoisotopic (exact) mass is 431 g/mol. The number of benzene rings is 1. The molecule has 0 bridgehead atoms. The molecule has 2 aromatic rings. The highest BCUT2D eigenvalue weighted by Gasteiger charge is 2.39. The molecule has 0 aliphatic carbocycles. The molecule has 1 aromatic carbocycles. The van der Waals surface area contributed by atoms with Crippen LogP contribution in [-0.4, -0.2) is 50.9 Å². The first-order chi connectivity index (χ1) is 14.0. The number of amides is 1. The van der Waals surface area contributed by atoms with E-state index in [1.54, 1.807) is 16.2 Å². The van der Waals surface area contributed by atoms with Crippen LogP contribution >= 0.6 is 11.3 Å². The number of aliphatic hydroxyl groups excluding tert-OH is 2. The summed E-state index contributed by atoms with van der Waals surface area (Å²) in [6.07, 6.45) is -0.755. The number of carbonyl (C=O) groups excluding carboxylic acids is 1. The van der Waals surface area contributed by atoms with Gasteiger partial charge in [0.2, 0.25) is 5.91 Å². The molecule has 1 fully saturated rings. The van der Waals surface area contributed by atoms with Gasteiger partial charge in [0, 0.05) is 19.0 Å². The topological polar surface area (TPSA) is 85.7 Å². The number of aromatic nitrogens is 1. The number of carbonyl (C=O) groups is 1. The van der Waals surface area contributed by atoms with Crippen LogP contribution in [0.5, 0.6) is 0 Å². The van der Waals surface area contributed by atoms with Gasteiger partial charge in [-0.05, 0) is 36.8 Å². The number of hydrogen-bond donors (Lipinski definition) is 3. The van der Waals surface area contributed by atoms with Crippen LogP contribution in [0.1, 0.15) is 57.8 Å².